The first kappa shape index (κ1) is 38.7. The monoisotopic (exact) mass is 850 g/mol. The van der Waals surface area contributed by atoms with E-state index in [-0.39, 0.29) is 47.9 Å². The maximum atomic E-state index is 12.2. The zero-order valence-electron chi connectivity index (χ0n) is 30.7. The van der Waals surface area contributed by atoms with Crippen LogP contribution in [0.2, 0.25) is 0 Å². The maximum Gasteiger partial charge on any atom is 0.226 e. The van der Waals surface area contributed by atoms with E-state index in [4.69, 9.17) is 13.8 Å². The Kier molecular flexibility index (Phi) is 12.0. The van der Waals surface area contributed by atoms with Crippen LogP contribution < -0.4 is 0 Å². The van der Waals surface area contributed by atoms with Crippen molar-refractivity contribution in [2.45, 2.75) is 93.4 Å². The fourth-order valence-electron chi connectivity index (χ4n) is 6.06. The van der Waals surface area contributed by atoms with Crippen molar-refractivity contribution in [2.24, 2.45) is 10.8 Å². The molecular formula is C43H49IrN2O4-. The van der Waals surface area contributed by atoms with Crippen molar-refractivity contribution in [2.75, 3.05) is 0 Å². The molecule has 0 saturated heterocycles. The predicted octanol–water partition coefficient (Wildman–Crippen LogP) is 12.2. The van der Waals surface area contributed by atoms with Crippen LogP contribution >= 0.6 is 0 Å². The van der Waals surface area contributed by atoms with E-state index in [0.717, 1.165) is 70.0 Å². The van der Waals surface area contributed by atoms with Crippen molar-refractivity contribution in [1.29, 1.82) is 0 Å². The molecule has 0 amide bonds. The summed E-state index contributed by atoms with van der Waals surface area (Å²) in [6, 6.07) is 22.0. The van der Waals surface area contributed by atoms with Gasteiger partial charge in [-0.25, -0.2) is 4.98 Å². The number of pyridine rings is 2. The van der Waals surface area contributed by atoms with Crippen LogP contribution in [0.3, 0.4) is 0 Å². The number of furan rings is 2. The zero-order chi connectivity index (χ0) is 35.6. The van der Waals surface area contributed by atoms with Crippen LogP contribution in [0.1, 0.15) is 93.6 Å². The van der Waals surface area contributed by atoms with Crippen LogP contribution in [0.25, 0.3) is 55.4 Å². The van der Waals surface area contributed by atoms with Gasteiger partial charge in [0.05, 0.1) is 11.6 Å². The zero-order valence-corrected chi connectivity index (χ0v) is 33.1. The molecule has 0 saturated carbocycles. The second-order valence-corrected chi connectivity index (χ2v) is 14.5. The number of hydrogen-bond donors (Lipinski definition) is 1. The summed E-state index contributed by atoms with van der Waals surface area (Å²) in [7, 11) is 0. The minimum atomic E-state index is -0.337. The molecule has 4 aromatic heterocycles. The maximum absolute atomic E-state index is 12.2. The van der Waals surface area contributed by atoms with Crippen LogP contribution in [-0.4, -0.2) is 20.9 Å². The van der Waals surface area contributed by atoms with Gasteiger partial charge in [0.1, 0.15) is 17.1 Å². The first-order valence-corrected chi connectivity index (χ1v) is 17.4. The van der Waals surface area contributed by atoms with Gasteiger partial charge in [0.15, 0.2) is 5.78 Å². The standard InChI is InChI=1S/C28H21N2O2.C15H28O2.Ir/c1-28(2,3)23-15-18(14-17-6-4-5-7-19(17)23)26-22-16-25(32-24(22)9-12-29-26)20-8-11-30-27-21(20)10-13-31-27;1-7-14(5,8-2)12(16)11-13(17)15(6,9-3)10-4;/h4-13,15-16H,1-3H3;11,16H,7-10H2,1-6H3;/q-1;;/b;12-11-;. The van der Waals surface area contributed by atoms with Crippen molar-refractivity contribution in [1.82, 2.24) is 9.97 Å². The van der Waals surface area contributed by atoms with Crippen LogP contribution in [-0.2, 0) is 30.3 Å². The molecule has 6 aromatic rings. The number of hydrogen-bond acceptors (Lipinski definition) is 6. The average molecular weight is 850 g/mol. The van der Waals surface area contributed by atoms with E-state index in [1.807, 2.05) is 59.7 Å². The Bertz CT molecular complexity index is 2120. The normalized spacial score (nSPS) is 12.5. The topological polar surface area (TPSA) is 89.4 Å². The molecule has 0 unspecified atom stereocenters. The van der Waals surface area contributed by atoms with Crippen LogP contribution in [0.5, 0.6) is 0 Å². The van der Waals surface area contributed by atoms with Gasteiger partial charge in [0, 0.05) is 66.0 Å². The van der Waals surface area contributed by atoms with E-state index >= 15 is 0 Å². The predicted molar refractivity (Wildman–Crippen MR) is 201 cm³/mol. The number of nitrogens with zero attached hydrogens (tertiary/aromatic N) is 2. The molecule has 0 aliphatic carbocycles. The molecule has 0 aliphatic rings. The molecule has 4 heterocycles. The first-order chi connectivity index (χ1) is 23.3. The smallest absolute Gasteiger partial charge is 0.226 e. The molecule has 0 spiro atoms. The van der Waals surface area contributed by atoms with Gasteiger partial charge in [-0.1, -0.05) is 91.5 Å². The Hall–Kier alpha value is -4.06. The van der Waals surface area contributed by atoms with E-state index in [1.54, 1.807) is 18.7 Å². The average Bonchev–Trinajstić information content (AvgIpc) is 3.78. The molecule has 50 heavy (non-hydrogen) atoms. The Labute approximate surface area is 309 Å². The van der Waals surface area contributed by atoms with Crippen LogP contribution in [0, 0.1) is 16.9 Å². The number of rotatable bonds is 9. The van der Waals surface area contributed by atoms with Crippen molar-refractivity contribution >= 4 is 38.6 Å². The molecule has 265 valence electrons. The van der Waals surface area contributed by atoms with E-state index in [1.165, 1.54) is 17.0 Å². The molecule has 0 atom stereocenters. The van der Waals surface area contributed by atoms with Gasteiger partial charge in [-0.3, -0.25) is 9.78 Å². The number of ketones is 1. The molecule has 6 rings (SSSR count). The third-order valence-electron chi connectivity index (χ3n) is 10.5. The van der Waals surface area contributed by atoms with Gasteiger partial charge >= 0.3 is 0 Å². The van der Waals surface area contributed by atoms with Crippen molar-refractivity contribution in [3.8, 4) is 22.6 Å². The van der Waals surface area contributed by atoms with Gasteiger partial charge in [-0.15, -0.1) is 29.1 Å². The molecule has 0 aliphatic heterocycles. The van der Waals surface area contributed by atoms with E-state index < -0.39 is 0 Å². The Balaban J connectivity index is 0.000000269. The van der Waals surface area contributed by atoms with Crippen molar-refractivity contribution in [3.63, 3.8) is 0 Å². The SMILES string of the molecule is CC(C)(C)c1cc(-c2nccc3oc(-c4ccnc5occc45)cc23)[c-]c2ccccc12.CCC(C)(CC)C(=O)/C=C(\O)C(C)(CC)CC.[Ir]. The van der Waals surface area contributed by atoms with Crippen molar-refractivity contribution in [3.05, 3.63) is 96.7 Å². The Morgan fingerprint density at radius 3 is 2.14 bits per heavy atom. The van der Waals surface area contributed by atoms with Gasteiger partial charge in [-0.2, -0.15) is 0 Å². The summed E-state index contributed by atoms with van der Waals surface area (Å²) in [5.41, 5.74) is 4.83. The molecular weight excluding hydrogens is 801 g/mol. The summed E-state index contributed by atoms with van der Waals surface area (Å²) in [5, 5.41) is 14.3. The summed E-state index contributed by atoms with van der Waals surface area (Å²) in [4.78, 5) is 21.2. The van der Waals surface area contributed by atoms with Gasteiger partial charge in [0.2, 0.25) is 5.71 Å². The largest absolute Gasteiger partial charge is 0.512 e. The van der Waals surface area contributed by atoms with E-state index in [0.29, 0.717) is 5.71 Å². The fourth-order valence-corrected chi connectivity index (χ4v) is 6.06. The van der Waals surface area contributed by atoms with Crippen LogP contribution in [0.15, 0.2) is 93.9 Å². The number of carbonyl (C=O) groups excluding carboxylic acids is 1. The third kappa shape index (κ3) is 7.65. The number of aliphatic hydroxyl groups is 1. The minimum Gasteiger partial charge on any atom is -0.512 e. The molecule has 1 radical (unpaired) electrons. The molecule has 7 heteroatoms. The summed E-state index contributed by atoms with van der Waals surface area (Å²) in [5.74, 6) is 1.05. The third-order valence-corrected chi connectivity index (χ3v) is 10.5. The number of fused-ring (bicyclic) bond motifs is 3. The Morgan fingerprint density at radius 2 is 1.48 bits per heavy atom. The quantitative estimate of drug-likeness (QED) is 0.0885. The number of aromatic nitrogens is 2. The first-order valence-electron chi connectivity index (χ1n) is 17.4. The second-order valence-electron chi connectivity index (χ2n) is 14.5. The van der Waals surface area contributed by atoms with E-state index in [9.17, 15) is 9.90 Å². The summed E-state index contributed by atoms with van der Waals surface area (Å²) >= 11 is 0. The number of allylic oxidation sites excluding steroid dienone is 2. The minimum absolute atomic E-state index is 0. The molecule has 0 bridgehead atoms. The van der Waals surface area contributed by atoms with Crippen LogP contribution in [0.4, 0.5) is 0 Å². The fraction of sp³-hybridized carbons (Fsp3) is 0.372. The molecule has 1 N–H and O–H groups in total. The molecule has 6 nitrogen and oxygen atoms in total. The second kappa shape index (κ2) is 15.4. The van der Waals surface area contributed by atoms with E-state index in [2.05, 4.69) is 68.2 Å². The summed E-state index contributed by atoms with van der Waals surface area (Å²) < 4.78 is 11.7. The summed E-state index contributed by atoms with van der Waals surface area (Å²) in [6.07, 6.45) is 9.93. The van der Waals surface area contributed by atoms with Crippen molar-refractivity contribution < 1.29 is 38.8 Å². The number of carbonyl (C=O) groups is 1. The molecule has 2 aromatic carbocycles. The number of benzene rings is 2. The van der Waals surface area contributed by atoms with Gasteiger partial charge in [0.25, 0.3) is 0 Å². The summed E-state index contributed by atoms with van der Waals surface area (Å²) in [6.45, 7) is 18.8. The number of aliphatic hydroxyl groups excluding tert-OH is 1. The molecule has 0 fully saturated rings. The van der Waals surface area contributed by atoms with Gasteiger partial charge in [-0.05, 0) is 55.4 Å². The van der Waals surface area contributed by atoms with Gasteiger partial charge < -0.3 is 13.9 Å². The Morgan fingerprint density at radius 1 is 0.820 bits per heavy atom.